The lowest BCUT2D eigenvalue weighted by Gasteiger charge is -2.36. The molecule has 0 amide bonds. The molecule has 0 spiro atoms. The fourth-order valence-electron chi connectivity index (χ4n) is 3.61. The number of pyridine rings is 1. The van der Waals surface area contributed by atoms with Gasteiger partial charge in [0.1, 0.15) is 5.82 Å². The number of benzene rings is 1. The van der Waals surface area contributed by atoms with Crippen molar-refractivity contribution in [2.75, 3.05) is 18.5 Å². The number of halogens is 1. The fourth-order valence-corrected chi connectivity index (χ4v) is 4.08. The highest BCUT2D eigenvalue weighted by Crippen LogP contribution is 2.53. The number of hydrogen-bond donors (Lipinski definition) is 2. The molecule has 5 nitrogen and oxygen atoms in total. The zero-order valence-corrected chi connectivity index (χ0v) is 14.9. The summed E-state index contributed by atoms with van der Waals surface area (Å²) in [6.45, 7) is 0.301. The van der Waals surface area contributed by atoms with E-state index in [0.29, 0.717) is 18.9 Å². The van der Waals surface area contributed by atoms with E-state index < -0.39 is 21.3 Å². The van der Waals surface area contributed by atoms with Crippen LogP contribution in [0.1, 0.15) is 30.4 Å². The molecule has 2 aromatic rings. The molecular weight excluding hydrogens is 341 g/mol. The van der Waals surface area contributed by atoms with Crippen LogP contribution < -0.4 is 10.5 Å². The fraction of sp³-hybridized carbons (Fsp3) is 0.389. The highest BCUT2D eigenvalue weighted by Gasteiger charge is 2.47. The molecule has 1 fully saturated rings. The molecule has 3 N–H and O–H groups in total. The van der Waals surface area contributed by atoms with Gasteiger partial charge in [-0.25, -0.2) is 17.5 Å². The molecule has 0 radical (unpaired) electrons. The van der Waals surface area contributed by atoms with Gasteiger partial charge in [-0.1, -0.05) is 6.07 Å². The summed E-state index contributed by atoms with van der Waals surface area (Å²) in [7, 11) is -3.28. The van der Waals surface area contributed by atoms with Crippen LogP contribution in [0.5, 0.6) is 0 Å². The lowest BCUT2D eigenvalue weighted by Crippen LogP contribution is -2.36. The van der Waals surface area contributed by atoms with Crippen LogP contribution in [0.25, 0.3) is 0 Å². The topological polar surface area (TPSA) is 85.1 Å². The van der Waals surface area contributed by atoms with Crippen molar-refractivity contribution in [3.63, 3.8) is 0 Å². The summed E-state index contributed by atoms with van der Waals surface area (Å²) in [5.41, 5.74) is 7.47. The Morgan fingerprint density at radius 3 is 2.48 bits per heavy atom. The second-order valence-electron chi connectivity index (χ2n) is 6.63. The zero-order chi connectivity index (χ0) is 18.1. The summed E-state index contributed by atoms with van der Waals surface area (Å²) in [6.07, 6.45) is 7.25. The first-order valence-corrected chi connectivity index (χ1v) is 10.1. The molecule has 0 bridgehead atoms. The Bertz CT molecular complexity index is 854. The average Bonchev–Trinajstić information content (AvgIpc) is 3.39. The van der Waals surface area contributed by atoms with Crippen molar-refractivity contribution in [3.8, 4) is 0 Å². The van der Waals surface area contributed by atoms with Crippen molar-refractivity contribution in [1.82, 2.24) is 9.71 Å². The van der Waals surface area contributed by atoms with Crippen LogP contribution in [0.15, 0.2) is 42.7 Å². The first-order chi connectivity index (χ1) is 11.8. The smallest absolute Gasteiger partial charge is 0.208 e. The quantitative estimate of drug-likeness (QED) is 0.740. The average molecular weight is 363 g/mol. The maximum absolute atomic E-state index is 13.7. The Kier molecular flexibility index (Phi) is 4.79. The molecule has 134 valence electrons. The molecule has 0 saturated heterocycles. The van der Waals surface area contributed by atoms with E-state index in [4.69, 9.17) is 5.73 Å². The molecule has 1 atom stereocenters. The third-order valence-electron chi connectivity index (χ3n) is 4.86. The molecule has 7 heteroatoms. The second-order valence-corrected chi connectivity index (χ2v) is 8.47. The van der Waals surface area contributed by atoms with Gasteiger partial charge in [-0.2, -0.15) is 0 Å². The number of nitrogens with zero attached hydrogens (tertiary/aromatic N) is 1. The summed E-state index contributed by atoms with van der Waals surface area (Å²) in [6, 6.07) is 8.70. The van der Waals surface area contributed by atoms with E-state index in [1.807, 2.05) is 12.1 Å². The molecule has 1 unspecified atom stereocenters. The van der Waals surface area contributed by atoms with Crippen molar-refractivity contribution < 1.29 is 12.8 Å². The highest BCUT2D eigenvalue weighted by atomic mass is 32.2. The van der Waals surface area contributed by atoms with Crippen LogP contribution in [-0.4, -0.2) is 26.2 Å². The molecule has 3 rings (SSSR count). The number of nitrogen functional groups attached to an aromatic ring is 1. The second kappa shape index (κ2) is 6.72. The van der Waals surface area contributed by atoms with Crippen LogP contribution in [0.2, 0.25) is 0 Å². The highest BCUT2D eigenvalue weighted by molar-refractivity contribution is 7.88. The van der Waals surface area contributed by atoms with Gasteiger partial charge in [-0.15, -0.1) is 0 Å². The predicted octanol–water partition coefficient (Wildman–Crippen LogP) is 2.44. The van der Waals surface area contributed by atoms with Gasteiger partial charge in [0.15, 0.2) is 0 Å². The summed E-state index contributed by atoms with van der Waals surface area (Å²) in [5.74, 6) is -0.0847. The number of hydrogen-bond acceptors (Lipinski definition) is 4. The van der Waals surface area contributed by atoms with Gasteiger partial charge in [0.2, 0.25) is 10.0 Å². The molecule has 0 aliphatic heterocycles. The number of aromatic nitrogens is 1. The van der Waals surface area contributed by atoms with E-state index >= 15 is 0 Å². The van der Waals surface area contributed by atoms with E-state index in [9.17, 15) is 12.8 Å². The SMILES string of the molecule is CS(=O)(=O)NCCC(c1ccncc1)(c1ccc(F)c(N)c1)C1CC1. The molecule has 1 aliphatic carbocycles. The van der Waals surface area contributed by atoms with Crippen molar-refractivity contribution in [1.29, 1.82) is 0 Å². The monoisotopic (exact) mass is 363 g/mol. The number of anilines is 1. The molecule has 1 aromatic carbocycles. The molecule has 25 heavy (non-hydrogen) atoms. The summed E-state index contributed by atoms with van der Waals surface area (Å²) in [4.78, 5) is 4.09. The largest absolute Gasteiger partial charge is 0.396 e. The third kappa shape index (κ3) is 3.82. The van der Waals surface area contributed by atoms with Crippen LogP contribution in [0, 0.1) is 11.7 Å². The van der Waals surface area contributed by atoms with Crippen molar-refractivity contribution >= 4 is 15.7 Å². The number of nitrogens with two attached hydrogens (primary N) is 1. The lowest BCUT2D eigenvalue weighted by molar-refractivity contribution is 0.411. The standard InChI is InChI=1S/C18H22FN3O2S/c1-25(23,24)22-11-8-18(13-2-3-13,14-6-9-21-10-7-14)15-4-5-16(19)17(20)12-15/h4-7,9-10,12-13,22H,2-3,8,11,20H2,1H3. The Balaban J connectivity index is 2.07. The normalized spacial score (nSPS) is 17.2. The van der Waals surface area contributed by atoms with Gasteiger partial charge < -0.3 is 5.73 Å². The minimum Gasteiger partial charge on any atom is -0.396 e. The van der Waals surface area contributed by atoms with E-state index in [-0.39, 0.29) is 5.69 Å². The minimum absolute atomic E-state index is 0.104. The number of rotatable bonds is 7. The van der Waals surface area contributed by atoms with E-state index in [1.165, 1.54) is 6.07 Å². The van der Waals surface area contributed by atoms with Crippen LogP contribution in [0.4, 0.5) is 10.1 Å². The van der Waals surface area contributed by atoms with E-state index in [2.05, 4.69) is 9.71 Å². The van der Waals surface area contributed by atoms with Gasteiger partial charge >= 0.3 is 0 Å². The van der Waals surface area contributed by atoms with Crippen molar-refractivity contribution in [2.45, 2.75) is 24.7 Å². The Hall–Kier alpha value is -1.99. The zero-order valence-electron chi connectivity index (χ0n) is 14.1. The Morgan fingerprint density at radius 2 is 1.92 bits per heavy atom. The van der Waals surface area contributed by atoms with Gasteiger partial charge in [0, 0.05) is 24.4 Å². The molecule has 1 aliphatic rings. The Labute approximate surface area is 147 Å². The molecule has 1 aromatic heterocycles. The predicted molar refractivity (Wildman–Crippen MR) is 96.0 cm³/mol. The van der Waals surface area contributed by atoms with Crippen LogP contribution >= 0.6 is 0 Å². The number of nitrogens with one attached hydrogen (secondary N) is 1. The van der Waals surface area contributed by atoms with Gasteiger partial charge in [-0.3, -0.25) is 4.98 Å². The lowest BCUT2D eigenvalue weighted by atomic mass is 9.68. The maximum Gasteiger partial charge on any atom is 0.208 e. The van der Waals surface area contributed by atoms with E-state index in [1.54, 1.807) is 24.5 Å². The number of sulfonamides is 1. The summed E-state index contributed by atoms with van der Waals surface area (Å²) >= 11 is 0. The summed E-state index contributed by atoms with van der Waals surface area (Å²) < 4.78 is 39.2. The Morgan fingerprint density at radius 1 is 1.24 bits per heavy atom. The molecular formula is C18H22FN3O2S. The molecule has 1 saturated carbocycles. The third-order valence-corrected chi connectivity index (χ3v) is 5.59. The first kappa shape index (κ1) is 17.8. The summed E-state index contributed by atoms with van der Waals surface area (Å²) in [5, 5.41) is 0. The van der Waals surface area contributed by atoms with Gasteiger partial charge in [0.25, 0.3) is 0 Å². The first-order valence-electron chi connectivity index (χ1n) is 8.23. The van der Waals surface area contributed by atoms with Crippen molar-refractivity contribution in [2.24, 2.45) is 5.92 Å². The van der Waals surface area contributed by atoms with Crippen molar-refractivity contribution in [3.05, 3.63) is 59.7 Å². The minimum atomic E-state index is -3.28. The molecule has 1 heterocycles. The van der Waals surface area contributed by atoms with Crippen LogP contribution in [0.3, 0.4) is 0 Å². The van der Waals surface area contributed by atoms with Gasteiger partial charge in [-0.05, 0) is 60.6 Å². The van der Waals surface area contributed by atoms with E-state index in [0.717, 1.165) is 30.2 Å². The van der Waals surface area contributed by atoms with Crippen LogP contribution in [-0.2, 0) is 15.4 Å². The maximum atomic E-state index is 13.7. The van der Waals surface area contributed by atoms with Gasteiger partial charge in [0.05, 0.1) is 11.9 Å².